The van der Waals surface area contributed by atoms with Crippen LogP contribution >= 0.6 is 11.3 Å². The molecular formula is C6H9NO2S2. The van der Waals surface area contributed by atoms with Crippen molar-refractivity contribution in [3.63, 3.8) is 0 Å². The fourth-order valence-corrected chi connectivity index (χ4v) is 1.77. The Balaban J connectivity index is 2.48. The van der Waals surface area contributed by atoms with Crippen LogP contribution in [-0.4, -0.2) is 14.7 Å². The summed E-state index contributed by atoms with van der Waals surface area (Å²) >= 11 is 1.54. The van der Waals surface area contributed by atoms with Crippen LogP contribution in [0.1, 0.15) is 4.88 Å². The zero-order valence-corrected chi connectivity index (χ0v) is 7.71. The summed E-state index contributed by atoms with van der Waals surface area (Å²) in [5.74, 6) is 0. The molecule has 0 unspecified atom stereocenters. The fraction of sp³-hybridized carbons (Fsp3) is 0.333. The van der Waals surface area contributed by atoms with Crippen LogP contribution in [0.2, 0.25) is 0 Å². The molecule has 0 aliphatic carbocycles. The lowest BCUT2D eigenvalue weighted by molar-refractivity contribution is 0.588. The highest BCUT2D eigenvalue weighted by Crippen LogP contribution is 2.07. The number of thiophene rings is 1. The van der Waals surface area contributed by atoms with Crippen molar-refractivity contribution >= 4 is 21.4 Å². The lowest BCUT2D eigenvalue weighted by Gasteiger charge is -1.97. The van der Waals surface area contributed by atoms with E-state index in [2.05, 4.69) is 4.72 Å². The van der Waals surface area contributed by atoms with Gasteiger partial charge in [0.25, 0.3) is 0 Å². The lowest BCUT2D eigenvalue weighted by atomic mass is 10.5. The van der Waals surface area contributed by atoms with Crippen molar-refractivity contribution < 1.29 is 8.42 Å². The van der Waals surface area contributed by atoms with Gasteiger partial charge in [0.1, 0.15) is 0 Å². The molecule has 0 radical (unpaired) electrons. The van der Waals surface area contributed by atoms with Crippen LogP contribution < -0.4 is 4.72 Å². The van der Waals surface area contributed by atoms with E-state index in [0.717, 1.165) is 11.1 Å². The van der Waals surface area contributed by atoms with E-state index in [4.69, 9.17) is 0 Å². The molecule has 0 saturated heterocycles. The monoisotopic (exact) mass is 191 g/mol. The molecule has 0 saturated carbocycles. The Labute approximate surface area is 70.1 Å². The van der Waals surface area contributed by atoms with Gasteiger partial charge in [-0.2, -0.15) is 0 Å². The van der Waals surface area contributed by atoms with Gasteiger partial charge < -0.3 is 0 Å². The predicted molar refractivity (Wildman–Crippen MR) is 46.0 cm³/mol. The highest BCUT2D eigenvalue weighted by molar-refractivity contribution is 7.88. The minimum atomic E-state index is -3.04. The van der Waals surface area contributed by atoms with Crippen molar-refractivity contribution in [3.8, 4) is 0 Å². The summed E-state index contributed by atoms with van der Waals surface area (Å²) in [6, 6.07) is 3.78. The number of nitrogens with one attached hydrogen (secondary N) is 1. The first-order valence-corrected chi connectivity index (χ1v) is 5.82. The number of sulfonamides is 1. The second-order valence-electron chi connectivity index (χ2n) is 2.17. The third-order valence-electron chi connectivity index (χ3n) is 1.09. The molecule has 1 heterocycles. The average molecular weight is 191 g/mol. The second-order valence-corrected chi connectivity index (χ2v) is 5.04. The summed E-state index contributed by atoms with van der Waals surface area (Å²) in [6.07, 6.45) is 1.15. The largest absolute Gasteiger partial charge is 0.213 e. The van der Waals surface area contributed by atoms with Gasteiger partial charge in [-0.3, -0.25) is 0 Å². The van der Waals surface area contributed by atoms with Crippen molar-refractivity contribution in [2.75, 3.05) is 6.26 Å². The zero-order valence-electron chi connectivity index (χ0n) is 6.07. The highest BCUT2D eigenvalue weighted by atomic mass is 32.2. The maximum absolute atomic E-state index is 10.6. The third-order valence-corrected chi connectivity index (χ3v) is 2.63. The number of hydrogen-bond acceptors (Lipinski definition) is 3. The van der Waals surface area contributed by atoms with Crippen molar-refractivity contribution in [1.29, 1.82) is 0 Å². The van der Waals surface area contributed by atoms with Crippen molar-refractivity contribution in [1.82, 2.24) is 4.72 Å². The molecule has 1 rings (SSSR count). The van der Waals surface area contributed by atoms with E-state index < -0.39 is 10.0 Å². The van der Waals surface area contributed by atoms with Gasteiger partial charge >= 0.3 is 0 Å². The molecule has 11 heavy (non-hydrogen) atoms. The third kappa shape index (κ3) is 3.50. The van der Waals surface area contributed by atoms with Crippen LogP contribution in [0.3, 0.4) is 0 Å². The van der Waals surface area contributed by atoms with Crippen LogP contribution in [0.5, 0.6) is 0 Å². The van der Waals surface area contributed by atoms with Crippen molar-refractivity contribution in [2.24, 2.45) is 0 Å². The topological polar surface area (TPSA) is 46.2 Å². The molecule has 1 N–H and O–H groups in total. The predicted octanol–water partition coefficient (Wildman–Crippen LogP) is 0.797. The molecule has 0 fully saturated rings. The summed E-state index contributed by atoms with van der Waals surface area (Å²) < 4.78 is 23.6. The van der Waals surface area contributed by atoms with Crippen LogP contribution in [0, 0.1) is 0 Å². The second kappa shape index (κ2) is 3.34. The Kier molecular flexibility index (Phi) is 2.64. The smallest absolute Gasteiger partial charge is 0.209 e. The average Bonchev–Trinajstić information content (AvgIpc) is 2.32. The van der Waals surface area contributed by atoms with E-state index in [9.17, 15) is 8.42 Å². The van der Waals surface area contributed by atoms with Crippen LogP contribution in [0.25, 0.3) is 0 Å². The molecule has 0 bridgehead atoms. The standard InChI is InChI=1S/C6H9NO2S2/c1-11(8,9)7-5-6-3-2-4-10-6/h2-4,7H,5H2,1H3. The maximum atomic E-state index is 10.6. The molecule has 0 spiro atoms. The van der Waals surface area contributed by atoms with Gasteiger partial charge in [-0.25, -0.2) is 13.1 Å². The van der Waals surface area contributed by atoms with Gasteiger partial charge in [-0.05, 0) is 11.4 Å². The summed E-state index contributed by atoms with van der Waals surface area (Å²) in [4.78, 5) is 1.02. The summed E-state index contributed by atoms with van der Waals surface area (Å²) in [5, 5.41) is 1.92. The molecule has 0 aliphatic rings. The Morgan fingerprint density at radius 1 is 1.64 bits per heavy atom. The minimum absolute atomic E-state index is 0.399. The zero-order chi connectivity index (χ0) is 8.32. The maximum Gasteiger partial charge on any atom is 0.209 e. The van der Waals surface area contributed by atoms with Gasteiger partial charge in [0, 0.05) is 11.4 Å². The van der Waals surface area contributed by atoms with Crippen LogP contribution in [0.4, 0.5) is 0 Å². The molecule has 0 aromatic carbocycles. The fourth-order valence-electron chi connectivity index (χ4n) is 0.615. The van der Waals surface area contributed by atoms with E-state index in [1.165, 1.54) is 11.3 Å². The molecule has 1 aromatic rings. The van der Waals surface area contributed by atoms with Gasteiger partial charge in [-0.15, -0.1) is 11.3 Å². The number of rotatable bonds is 3. The molecule has 5 heteroatoms. The summed E-state index contributed by atoms with van der Waals surface area (Å²) in [5.41, 5.74) is 0. The molecule has 0 amide bonds. The van der Waals surface area contributed by atoms with Crippen molar-refractivity contribution in [2.45, 2.75) is 6.54 Å². The molecule has 62 valence electrons. The Morgan fingerprint density at radius 2 is 2.36 bits per heavy atom. The van der Waals surface area contributed by atoms with Crippen molar-refractivity contribution in [3.05, 3.63) is 22.4 Å². The highest BCUT2D eigenvalue weighted by Gasteiger charge is 2.00. The Hall–Kier alpha value is -0.390. The summed E-state index contributed by atoms with van der Waals surface area (Å²) in [7, 11) is -3.04. The van der Waals surface area contributed by atoms with E-state index in [0.29, 0.717) is 6.54 Å². The SMILES string of the molecule is CS(=O)(=O)NCc1cccs1. The quantitative estimate of drug-likeness (QED) is 0.768. The Morgan fingerprint density at radius 3 is 2.82 bits per heavy atom. The Bertz CT molecular complexity index is 301. The van der Waals surface area contributed by atoms with Gasteiger partial charge in [0.2, 0.25) is 10.0 Å². The first kappa shape index (κ1) is 8.70. The molecule has 3 nitrogen and oxygen atoms in total. The first-order valence-electron chi connectivity index (χ1n) is 3.05. The van der Waals surface area contributed by atoms with Gasteiger partial charge in [0.15, 0.2) is 0 Å². The first-order chi connectivity index (χ1) is 5.08. The lowest BCUT2D eigenvalue weighted by Crippen LogP contribution is -2.20. The molecular weight excluding hydrogens is 182 g/mol. The van der Waals surface area contributed by atoms with Crippen LogP contribution in [-0.2, 0) is 16.6 Å². The summed E-state index contributed by atoms with van der Waals surface area (Å²) in [6.45, 7) is 0.399. The van der Waals surface area contributed by atoms with E-state index in [1.807, 2.05) is 17.5 Å². The van der Waals surface area contributed by atoms with E-state index >= 15 is 0 Å². The van der Waals surface area contributed by atoms with E-state index in [1.54, 1.807) is 0 Å². The molecule has 0 aliphatic heterocycles. The van der Waals surface area contributed by atoms with Gasteiger partial charge in [0.05, 0.1) is 6.26 Å². The van der Waals surface area contributed by atoms with E-state index in [-0.39, 0.29) is 0 Å². The van der Waals surface area contributed by atoms with Gasteiger partial charge in [-0.1, -0.05) is 6.07 Å². The molecule has 1 aromatic heterocycles. The normalized spacial score (nSPS) is 11.7. The van der Waals surface area contributed by atoms with Crippen LogP contribution in [0.15, 0.2) is 17.5 Å². The number of hydrogen-bond donors (Lipinski definition) is 1. The molecule has 0 atom stereocenters. The minimum Gasteiger partial charge on any atom is -0.213 e.